The van der Waals surface area contributed by atoms with Crippen molar-refractivity contribution in [1.82, 2.24) is 4.98 Å². The molecular weight excluding hydrogens is 210 g/mol. The van der Waals surface area contributed by atoms with E-state index in [0.717, 1.165) is 29.7 Å². The van der Waals surface area contributed by atoms with E-state index in [4.69, 9.17) is 0 Å². The Morgan fingerprint density at radius 1 is 1.24 bits per heavy atom. The van der Waals surface area contributed by atoms with E-state index in [1.165, 1.54) is 0 Å². The summed E-state index contributed by atoms with van der Waals surface area (Å²) >= 11 is 0. The summed E-state index contributed by atoms with van der Waals surface area (Å²) in [6.07, 6.45) is 7.44. The first-order valence-electron chi connectivity index (χ1n) is 6.04. The summed E-state index contributed by atoms with van der Waals surface area (Å²) in [4.78, 5) is 16.3. The summed E-state index contributed by atoms with van der Waals surface area (Å²) < 4.78 is 0. The van der Waals surface area contributed by atoms with Gasteiger partial charge >= 0.3 is 0 Å². The van der Waals surface area contributed by atoms with Crippen molar-refractivity contribution in [2.75, 3.05) is 0 Å². The topological polar surface area (TPSA) is 30.0 Å². The molecule has 1 aromatic rings. The molecule has 0 radical (unpaired) electrons. The van der Waals surface area contributed by atoms with Gasteiger partial charge in [0.05, 0.1) is 5.69 Å². The molecule has 1 heterocycles. The molecule has 88 valence electrons. The van der Waals surface area contributed by atoms with Gasteiger partial charge in [0.2, 0.25) is 0 Å². The normalized spacial score (nSPS) is 20.8. The number of hydrogen-bond acceptors (Lipinski definition) is 2. The maximum Gasteiger partial charge on any atom is 0.184 e. The average Bonchev–Trinajstić information content (AvgIpc) is 2.62. The fraction of sp³-hybridized carbons (Fsp3) is 0.333. The zero-order valence-electron chi connectivity index (χ0n) is 10.3. The molecule has 0 N–H and O–H groups in total. The van der Waals surface area contributed by atoms with Crippen LogP contribution in [0.15, 0.2) is 41.6 Å². The predicted octanol–water partition coefficient (Wildman–Crippen LogP) is 3.41. The number of rotatable bonds is 2. The van der Waals surface area contributed by atoms with E-state index in [0.29, 0.717) is 5.92 Å². The third-order valence-electron chi connectivity index (χ3n) is 2.79. The highest BCUT2D eigenvalue weighted by Gasteiger charge is 2.22. The predicted molar refractivity (Wildman–Crippen MR) is 69.4 cm³/mol. The molecule has 0 spiro atoms. The highest BCUT2D eigenvalue weighted by Crippen LogP contribution is 2.28. The minimum Gasteiger partial charge on any atom is -0.289 e. The molecule has 2 heteroatoms. The van der Waals surface area contributed by atoms with E-state index in [1.807, 2.05) is 24.3 Å². The minimum atomic E-state index is 0.198. The Labute approximate surface area is 102 Å². The number of ketones is 1. The Morgan fingerprint density at radius 3 is 2.65 bits per heavy atom. The number of aromatic nitrogens is 1. The summed E-state index contributed by atoms with van der Waals surface area (Å²) in [5.74, 6) is 0.632. The minimum absolute atomic E-state index is 0.198. The first-order valence-corrected chi connectivity index (χ1v) is 6.04. The van der Waals surface area contributed by atoms with Crippen LogP contribution in [0, 0.1) is 5.92 Å². The summed E-state index contributed by atoms with van der Waals surface area (Å²) in [6.45, 7) is 4.20. The van der Waals surface area contributed by atoms with Crippen molar-refractivity contribution in [2.45, 2.75) is 26.7 Å². The molecule has 0 saturated heterocycles. The molecule has 17 heavy (non-hydrogen) atoms. The molecular formula is C15H17NO. The van der Waals surface area contributed by atoms with E-state index in [-0.39, 0.29) is 5.78 Å². The van der Waals surface area contributed by atoms with E-state index >= 15 is 0 Å². The Kier molecular flexibility index (Phi) is 3.52. The van der Waals surface area contributed by atoms with Crippen LogP contribution in [-0.2, 0) is 4.79 Å². The fourth-order valence-electron chi connectivity index (χ4n) is 2.04. The Balaban J connectivity index is 2.21. The molecule has 1 aliphatic rings. The summed E-state index contributed by atoms with van der Waals surface area (Å²) in [6, 6.07) is 5.73. The van der Waals surface area contributed by atoms with Crippen LogP contribution in [0.5, 0.6) is 0 Å². The van der Waals surface area contributed by atoms with Crippen molar-refractivity contribution in [3.05, 3.63) is 47.3 Å². The van der Waals surface area contributed by atoms with Gasteiger partial charge in [0.1, 0.15) is 0 Å². The molecule has 0 aromatic carbocycles. The molecule has 1 fully saturated rings. The molecule has 0 amide bonds. The standard InChI is InChI=1S/C15H17NO/c1-11(2)9-12-6-7-13(15(12)17)10-14-5-3-4-8-16-14/h3-5,8-11H,6-7H2,1-2H3/b12-9+,13-10+. The Morgan fingerprint density at radius 2 is 2.00 bits per heavy atom. The second-order valence-electron chi connectivity index (χ2n) is 4.69. The Bertz CT molecular complexity index is 469. The lowest BCUT2D eigenvalue weighted by Gasteiger charge is -1.98. The van der Waals surface area contributed by atoms with Gasteiger partial charge in [0.25, 0.3) is 0 Å². The van der Waals surface area contributed by atoms with Gasteiger partial charge in [-0.05, 0) is 42.5 Å². The highest BCUT2D eigenvalue weighted by molar-refractivity contribution is 6.13. The fourth-order valence-corrected chi connectivity index (χ4v) is 2.04. The lowest BCUT2D eigenvalue weighted by Crippen LogP contribution is -1.97. The maximum absolute atomic E-state index is 12.1. The average molecular weight is 227 g/mol. The first kappa shape index (κ1) is 11.8. The van der Waals surface area contributed by atoms with Crippen LogP contribution in [0.25, 0.3) is 6.08 Å². The van der Waals surface area contributed by atoms with Gasteiger partial charge in [-0.25, -0.2) is 0 Å². The van der Waals surface area contributed by atoms with Crippen molar-refractivity contribution < 1.29 is 4.79 Å². The van der Waals surface area contributed by atoms with Crippen LogP contribution in [-0.4, -0.2) is 10.8 Å². The van der Waals surface area contributed by atoms with E-state index < -0.39 is 0 Å². The number of allylic oxidation sites excluding steroid dienone is 3. The molecule has 2 rings (SSSR count). The van der Waals surface area contributed by atoms with Gasteiger partial charge in [0, 0.05) is 11.8 Å². The van der Waals surface area contributed by atoms with Crippen molar-refractivity contribution >= 4 is 11.9 Å². The van der Waals surface area contributed by atoms with Crippen molar-refractivity contribution in [3.63, 3.8) is 0 Å². The van der Waals surface area contributed by atoms with Crippen molar-refractivity contribution in [3.8, 4) is 0 Å². The number of nitrogens with zero attached hydrogens (tertiary/aromatic N) is 1. The van der Waals surface area contributed by atoms with Gasteiger partial charge in [0.15, 0.2) is 5.78 Å². The van der Waals surface area contributed by atoms with Gasteiger partial charge in [-0.3, -0.25) is 9.78 Å². The lowest BCUT2D eigenvalue weighted by molar-refractivity contribution is -0.111. The summed E-state index contributed by atoms with van der Waals surface area (Å²) in [5, 5.41) is 0. The largest absolute Gasteiger partial charge is 0.289 e. The third-order valence-corrected chi connectivity index (χ3v) is 2.79. The van der Waals surface area contributed by atoms with Crippen molar-refractivity contribution in [2.24, 2.45) is 5.92 Å². The number of carbonyl (C=O) groups is 1. The molecule has 0 unspecified atom stereocenters. The number of carbonyl (C=O) groups excluding carboxylic acids is 1. The quantitative estimate of drug-likeness (QED) is 0.725. The highest BCUT2D eigenvalue weighted by atomic mass is 16.1. The molecule has 1 aromatic heterocycles. The number of Topliss-reactive ketones (excluding diaryl/α,β-unsaturated/α-hetero) is 1. The van der Waals surface area contributed by atoms with Gasteiger partial charge in [-0.15, -0.1) is 0 Å². The van der Waals surface area contributed by atoms with E-state index in [2.05, 4.69) is 24.9 Å². The molecule has 1 aliphatic carbocycles. The van der Waals surface area contributed by atoms with Crippen LogP contribution >= 0.6 is 0 Å². The molecule has 0 aliphatic heterocycles. The number of pyridine rings is 1. The van der Waals surface area contributed by atoms with Crippen LogP contribution in [0.1, 0.15) is 32.4 Å². The second kappa shape index (κ2) is 5.09. The van der Waals surface area contributed by atoms with Gasteiger partial charge < -0.3 is 0 Å². The smallest absolute Gasteiger partial charge is 0.184 e. The van der Waals surface area contributed by atoms with Gasteiger partial charge in [-0.1, -0.05) is 26.0 Å². The summed E-state index contributed by atoms with van der Waals surface area (Å²) in [5.41, 5.74) is 2.71. The monoisotopic (exact) mass is 227 g/mol. The molecule has 1 saturated carbocycles. The lowest BCUT2D eigenvalue weighted by atomic mass is 10.1. The molecule has 2 nitrogen and oxygen atoms in total. The van der Waals surface area contributed by atoms with Crippen LogP contribution < -0.4 is 0 Å². The zero-order valence-corrected chi connectivity index (χ0v) is 10.3. The molecule has 0 atom stereocenters. The van der Waals surface area contributed by atoms with Crippen LogP contribution in [0.2, 0.25) is 0 Å². The number of hydrogen-bond donors (Lipinski definition) is 0. The van der Waals surface area contributed by atoms with Gasteiger partial charge in [-0.2, -0.15) is 0 Å². The first-order chi connectivity index (χ1) is 8.16. The second-order valence-corrected chi connectivity index (χ2v) is 4.69. The van der Waals surface area contributed by atoms with Crippen molar-refractivity contribution in [1.29, 1.82) is 0 Å². The SMILES string of the molecule is CC(C)/C=C1\CC/C(=C\c2ccccn2)C1=O. The third kappa shape index (κ3) is 2.90. The maximum atomic E-state index is 12.1. The van der Waals surface area contributed by atoms with E-state index in [9.17, 15) is 4.79 Å². The molecule has 0 bridgehead atoms. The van der Waals surface area contributed by atoms with Crippen LogP contribution in [0.4, 0.5) is 0 Å². The summed E-state index contributed by atoms with van der Waals surface area (Å²) in [7, 11) is 0. The Hall–Kier alpha value is -1.70. The zero-order chi connectivity index (χ0) is 12.3. The van der Waals surface area contributed by atoms with Crippen LogP contribution in [0.3, 0.4) is 0 Å². The van der Waals surface area contributed by atoms with E-state index in [1.54, 1.807) is 6.20 Å².